The van der Waals surface area contributed by atoms with Crippen molar-refractivity contribution < 1.29 is 14.4 Å². The van der Waals surface area contributed by atoms with E-state index in [1.165, 1.54) is 0 Å². The molecule has 3 heterocycles. The molecule has 8 heteroatoms. The minimum atomic E-state index is 0.118. The Labute approximate surface area is 158 Å². The summed E-state index contributed by atoms with van der Waals surface area (Å²) in [4.78, 5) is 11.0. The van der Waals surface area contributed by atoms with Crippen LogP contribution < -0.4 is 9.64 Å². The third kappa shape index (κ3) is 2.87. The molecule has 4 aromatic rings. The van der Waals surface area contributed by atoms with Crippen molar-refractivity contribution in [3.05, 3.63) is 47.9 Å². The zero-order chi connectivity index (χ0) is 18.4. The van der Waals surface area contributed by atoms with Crippen LogP contribution in [-0.4, -0.2) is 33.4 Å². The minimum absolute atomic E-state index is 0.118. The van der Waals surface area contributed by atoms with E-state index in [2.05, 4.69) is 10.1 Å². The van der Waals surface area contributed by atoms with Crippen molar-refractivity contribution in [2.75, 3.05) is 18.1 Å². The summed E-state index contributed by atoms with van der Waals surface area (Å²) in [5, 5.41) is 15.4. The van der Waals surface area contributed by atoms with Crippen LogP contribution in [0.25, 0.3) is 20.8 Å². The minimum Gasteiger partial charge on any atom is -0.504 e. The molecular weight excluding hydrogens is 364 g/mol. The summed E-state index contributed by atoms with van der Waals surface area (Å²) in [6.07, 6.45) is 0. The third-order valence-electron chi connectivity index (χ3n) is 4.46. The van der Waals surface area contributed by atoms with Crippen molar-refractivity contribution in [2.24, 2.45) is 0 Å². The maximum Gasteiger partial charge on any atom is 0.266 e. The van der Waals surface area contributed by atoms with Gasteiger partial charge in [-0.3, -0.25) is 0 Å². The molecule has 5 rings (SSSR count). The Kier molecular flexibility index (Phi) is 3.71. The number of aromatic hydroxyl groups is 1. The maximum atomic E-state index is 10.5. The predicted molar refractivity (Wildman–Crippen MR) is 102 cm³/mol. The highest BCUT2D eigenvalue weighted by Crippen LogP contribution is 2.39. The van der Waals surface area contributed by atoms with E-state index < -0.39 is 0 Å². The van der Waals surface area contributed by atoms with E-state index in [1.807, 2.05) is 35.2 Å². The normalized spacial score (nSPS) is 14.0. The van der Waals surface area contributed by atoms with E-state index in [1.54, 1.807) is 24.3 Å². The highest BCUT2D eigenvalue weighted by Gasteiger charge is 2.23. The van der Waals surface area contributed by atoms with Gasteiger partial charge >= 0.3 is 0 Å². The van der Waals surface area contributed by atoms with Gasteiger partial charge in [0.2, 0.25) is 5.89 Å². The zero-order valence-electron chi connectivity index (χ0n) is 14.5. The van der Waals surface area contributed by atoms with Gasteiger partial charge in [-0.25, -0.2) is 4.98 Å². The molecular formula is C19H16N4O3S. The molecule has 1 N–H and O–H groups in total. The molecule has 0 radical (unpaired) electrons. The van der Waals surface area contributed by atoms with Crippen LogP contribution in [0.3, 0.4) is 0 Å². The molecule has 1 aliphatic heterocycles. The van der Waals surface area contributed by atoms with Crippen molar-refractivity contribution >= 4 is 27.5 Å². The van der Waals surface area contributed by atoms with Crippen LogP contribution in [0.4, 0.5) is 5.95 Å². The second-order valence-electron chi connectivity index (χ2n) is 6.35. The van der Waals surface area contributed by atoms with Crippen LogP contribution in [-0.2, 0) is 6.54 Å². The number of ether oxygens (including phenoxy) is 1. The van der Waals surface area contributed by atoms with E-state index in [-0.39, 0.29) is 5.75 Å². The van der Waals surface area contributed by atoms with Gasteiger partial charge < -0.3 is 19.3 Å². The van der Waals surface area contributed by atoms with Crippen LogP contribution in [0.1, 0.15) is 11.5 Å². The van der Waals surface area contributed by atoms with Gasteiger partial charge in [-0.1, -0.05) is 12.1 Å². The van der Waals surface area contributed by atoms with Gasteiger partial charge in [0.1, 0.15) is 11.6 Å². The van der Waals surface area contributed by atoms with E-state index in [0.717, 1.165) is 26.4 Å². The molecule has 0 atom stereocenters. The van der Waals surface area contributed by atoms with Crippen molar-refractivity contribution in [2.45, 2.75) is 13.5 Å². The van der Waals surface area contributed by atoms with Gasteiger partial charge in [0.15, 0.2) is 11.5 Å². The van der Waals surface area contributed by atoms with E-state index in [9.17, 15) is 5.11 Å². The zero-order valence-corrected chi connectivity index (χ0v) is 15.4. The average Bonchev–Trinajstić information content (AvgIpc) is 3.22. The fraction of sp³-hybridized carbons (Fsp3) is 0.211. The van der Waals surface area contributed by atoms with Crippen LogP contribution in [0.5, 0.6) is 11.5 Å². The number of thiazole rings is 1. The third-order valence-corrected chi connectivity index (χ3v) is 5.54. The molecule has 0 unspecified atom stereocenters. The fourth-order valence-electron chi connectivity index (χ4n) is 3.21. The van der Waals surface area contributed by atoms with Crippen LogP contribution in [0.2, 0.25) is 0 Å². The Morgan fingerprint density at radius 3 is 2.89 bits per heavy atom. The molecule has 0 saturated heterocycles. The summed E-state index contributed by atoms with van der Waals surface area (Å²) in [5.74, 6) is 1.66. The van der Waals surface area contributed by atoms with E-state index >= 15 is 0 Å². The van der Waals surface area contributed by atoms with Crippen LogP contribution in [0, 0.1) is 6.92 Å². The van der Waals surface area contributed by atoms with Crippen molar-refractivity contribution in [3.8, 4) is 22.1 Å². The first-order valence-corrected chi connectivity index (χ1v) is 9.39. The van der Waals surface area contributed by atoms with Crippen LogP contribution >= 0.6 is 11.3 Å². The topological polar surface area (TPSA) is 84.5 Å². The lowest BCUT2D eigenvalue weighted by Gasteiger charge is -2.16. The Bertz CT molecular complexity index is 1100. The summed E-state index contributed by atoms with van der Waals surface area (Å²) in [6.45, 7) is 3.30. The molecule has 0 saturated carbocycles. The Morgan fingerprint density at radius 2 is 2.07 bits per heavy atom. The maximum absolute atomic E-state index is 10.5. The molecule has 2 aromatic heterocycles. The number of hydrogen-bond donors (Lipinski definition) is 1. The number of aryl methyl sites for hydroxylation is 1. The highest BCUT2D eigenvalue weighted by atomic mass is 32.1. The summed E-state index contributed by atoms with van der Waals surface area (Å²) in [7, 11) is 0. The number of benzene rings is 2. The molecule has 0 spiro atoms. The number of para-hydroxylation sites is 1. The summed E-state index contributed by atoms with van der Waals surface area (Å²) >= 11 is 1.60. The average molecular weight is 380 g/mol. The molecule has 1 aliphatic rings. The number of fused-ring (bicyclic) bond motifs is 2. The van der Waals surface area contributed by atoms with Crippen molar-refractivity contribution in [1.82, 2.24) is 15.1 Å². The molecule has 27 heavy (non-hydrogen) atoms. The standard InChI is InChI=1S/C19H16N4O3S/c1-11-20-19(22-26-11)23-6-7-25-17-13(10-23)8-12(9-15(17)24)18-21-14-4-2-3-5-16(14)27-18/h2-5,8-9,24H,6-7,10H2,1H3. The van der Waals surface area contributed by atoms with Gasteiger partial charge in [0, 0.05) is 24.6 Å². The van der Waals surface area contributed by atoms with E-state index in [4.69, 9.17) is 14.2 Å². The lowest BCUT2D eigenvalue weighted by atomic mass is 10.1. The first-order chi connectivity index (χ1) is 13.2. The number of rotatable bonds is 2. The monoisotopic (exact) mass is 380 g/mol. The molecule has 7 nitrogen and oxygen atoms in total. The van der Waals surface area contributed by atoms with Gasteiger partial charge in [-0.05, 0) is 29.4 Å². The van der Waals surface area contributed by atoms with Gasteiger partial charge in [0.25, 0.3) is 5.95 Å². The van der Waals surface area contributed by atoms with Crippen molar-refractivity contribution in [3.63, 3.8) is 0 Å². The van der Waals surface area contributed by atoms with Crippen LogP contribution in [0.15, 0.2) is 40.9 Å². The number of hydrogen-bond acceptors (Lipinski definition) is 8. The van der Waals surface area contributed by atoms with Gasteiger partial charge in [-0.15, -0.1) is 11.3 Å². The van der Waals surface area contributed by atoms with Gasteiger partial charge in [0.05, 0.1) is 16.8 Å². The Morgan fingerprint density at radius 1 is 1.19 bits per heavy atom. The Balaban J connectivity index is 1.56. The smallest absolute Gasteiger partial charge is 0.266 e. The highest BCUT2D eigenvalue weighted by molar-refractivity contribution is 7.21. The summed E-state index contributed by atoms with van der Waals surface area (Å²) < 4.78 is 12.0. The largest absolute Gasteiger partial charge is 0.504 e. The second-order valence-corrected chi connectivity index (χ2v) is 7.38. The van der Waals surface area contributed by atoms with Crippen molar-refractivity contribution in [1.29, 1.82) is 0 Å². The molecule has 2 aromatic carbocycles. The predicted octanol–water partition coefficient (Wildman–Crippen LogP) is 3.76. The number of nitrogens with zero attached hydrogens (tertiary/aromatic N) is 4. The first kappa shape index (κ1) is 16.1. The summed E-state index contributed by atoms with van der Waals surface area (Å²) in [6, 6.07) is 11.7. The molecule has 0 bridgehead atoms. The molecule has 0 amide bonds. The number of aromatic nitrogens is 3. The van der Waals surface area contributed by atoms with E-state index in [0.29, 0.717) is 37.3 Å². The Hall–Kier alpha value is -3.13. The SMILES string of the molecule is Cc1nc(N2CCOc3c(O)cc(-c4nc5ccccc5s4)cc3C2)no1. The second kappa shape index (κ2) is 6.24. The number of phenols is 1. The fourth-order valence-corrected chi connectivity index (χ4v) is 4.16. The number of phenolic OH excluding ortho intramolecular Hbond substituents is 1. The number of anilines is 1. The molecule has 0 fully saturated rings. The van der Waals surface area contributed by atoms with Gasteiger partial charge in [-0.2, -0.15) is 4.98 Å². The molecule has 136 valence electrons. The first-order valence-electron chi connectivity index (χ1n) is 8.57. The lowest BCUT2D eigenvalue weighted by Crippen LogP contribution is -2.26. The molecule has 0 aliphatic carbocycles. The summed E-state index contributed by atoms with van der Waals surface area (Å²) in [5.41, 5.74) is 2.68. The lowest BCUT2D eigenvalue weighted by molar-refractivity contribution is 0.311. The quantitative estimate of drug-likeness (QED) is 0.567.